The number of H-pyrrole nitrogens is 1. The van der Waals surface area contributed by atoms with E-state index in [1.165, 1.54) is 11.4 Å². The smallest absolute Gasteiger partial charge is 0.328 e. The number of carbonyl (C=O) groups excluding carboxylic acids is 3. The second-order valence-corrected chi connectivity index (χ2v) is 18.9. The van der Waals surface area contributed by atoms with E-state index in [9.17, 15) is 14.4 Å². The molecular formula is C45H58N12O4. The summed E-state index contributed by atoms with van der Waals surface area (Å²) in [6.45, 7) is 19.4. The Balaban J connectivity index is 0.766. The van der Waals surface area contributed by atoms with Crippen molar-refractivity contribution >= 4 is 62.7 Å². The van der Waals surface area contributed by atoms with Crippen LogP contribution in [0.25, 0.3) is 21.9 Å². The number of imide groups is 1. The van der Waals surface area contributed by atoms with Gasteiger partial charge in [0.05, 0.1) is 5.39 Å². The lowest BCUT2D eigenvalue weighted by Crippen LogP contribution is -2.52. The fourth-order valence-electron chi connectivity index (χ4n) is 9.60. The van der Waals surface area contributed by atoms with Crippen molar-refractivity contribution in [3.63, 3.8) is 0 Å². The van der Waals surface area contributed by atoms with Crippen molar-refractivity contribution in [1.29, 1.82) is 0 Å². The Kier molecular flexibility index (Phi) is 10.8. The van der Waals surface area contributed by atoms with Crippen LogP contribution >= 0.6 is 0 Å². The molecule has 4 saturated heterocycles. The van der Waals surface area contributed by atoms with E-state index in [2.05, 4.69) is 94.5 Å². The van der Waals surface area contributed by atoms with Gasteiger partial charge in [-0.2, -0.15) is 4.98 Å². The third kappa shape index (κ3) is 8.46. The lowest BCUT2D eigenvalue weighted by molar-refractivity contribution is -0.120. The average molecular weight is 831 g/mol. The number of hydrogen-bond donors (Lipinski definition) is 3. The van der Waals surface area contributed by atoms with Crippen LogP contribution in [0.15, 0.2) is 53.3 Å². The highest BCUT2D eigenvalue weighted by Crippen LogP contribution is 2.37. The van der Waals surface area contributed by atoms with Crippen molar-refractivity contribution in [3.05, 3.63) is 60.5 Å². The number of aromatic nitrogens is 5. The molecule has 4 amide bonds. The van der Waals surface area contributed by atoms with Gasteiger partial charge in [-0.15, -0.1) is 0 Å². The normalized spacial score (nSPS) is 19.3. The lowest BCUT2D eigenvalue weighted by Gasteiger charge is -2.41. The Morgan fingerprint density at radius 1 is 0.803 bits per heavy atom. The quantitative estimate of drug-likeness (QED) is 0.166. The summed E-state index contributed by atoms with van der Waals surface area (Å²) in [4.78, 5) is 65.9. The zero-order chi connectivity index (χ0) is 42.5. The standard InChI is InChI=1S/C45H58N12O4/c1-44(2,3)42-50-41(61-52-42)40(59)51-45(4,5)30-14-19-56(20-15-30)39-37-34-11-10-33(26-35(34)48-38(37)46-28-47-39)55-24-22-53(23-25-55)27-29-12-17-54(18-13-29)31-6-8-32(9-7-31)57-21-16-36(58)49-43(57)60/h6-11,26,28-30H,12-25,27H2,1-5H3,(H,51,59)(H,46,47,48)(H,49,58,60). The summed E-state index contributed by atoms with van der Waals surface area (Å²) < 4.78 is 5.31. The van der Waals surface area contributed by atoms with Gasteiger partial charge >= 0.3 is 17.8 Å². The number of carbonyl (C=O) groups is 3. The first-order valence-corrected chi connectivity index (χ1v) is 21.9. The van der Waals surface area contributed by atoms with Crippen molar-refractivity contribution < 1.29 is 18.9 Å². The van der Waals surface area contributed by atoms with Crippen LogP contribution in [0.1, 0.15) is 83.2 Å². The van der Waals surface area contributed by atoms with Crippen molar-refractivity contribution in [2.75, 3.05) is 85.0 Å². The van der Waals surface area contributed by atoms with E-state index in [4.69, 9.17) is 9.51 Å². The Morgan fingerprint density at radius 2 is 1.48 bits per heavy atom. The minimum Gasteiger partial charge on any atom is -0.372 e. The Labute approximate surface area is 356 Å². The molecule has 4 aliphatic rings. The van der Waals surface area contributed by atoms with Crippen molar-refractivity contribution in [2.45, 2.75) is 77.7 Å². The molecule has 61 heavy (non-hydrogen) atoms. The van der Waals surface area contributed by atoms with Crippen LogP contribution in [0.2, 0.25) is 0 Å². The number of piperidine rings is 2. The monoisotopic (exact) mass is 830 g/mol. The molecule has 16 nitrogen and oxygen atoms in total. The summed E-state index contributed by atoms with van der Waals surface area (Å²) in [5, 5.41) is 11.8. The van der Waals surface area contributed by atoms with E-state index in [1.807, 2.05) is 32.9 Å². The number of benzene rings is 2. The predicted molar refractivity (Wildman–Crippen MR) is 236 cm³/mol. The number of piperazine rings is 1. The fraction of sp³-hybridized carbons (Fsp3) is 0.533. The fourth-order valence-corrected chi connectivity index (χ4v) is 9.60. The van der Waals surface area contributed by atoms with E-state index >= 15 is 0 Å². The van der Waals surface area contributed by atoms with Gasteiger partial charge in [0.15, 0.2) is 5.82 Å². The number of rotatable bonds is 9. The molecule has 3 N–H and O–H groups in total. The largest absolute Gasteiger partial charge is 0.372 e. The number of amides is 4. The molecule has 0 bridgehead atoms. The molecule has 322 valence electrons. The van der Waals surface area contributed by atoms with Crippen LogP contribution in [0, 0.1) is 11.8 Å². The van der Waals surface area contributed by atoms with Gasteiger partial charge in [-0.3, -0.25) is 24.7 Å². The first kappa shape index (κ1) is 40.6. The van der Waals surface area contributed by atoms with Gasteiger partial charge in [0.1, 0.15) is 17.8 Å². The highest BCUT2D eigenvalue weighted by Gasteiger charge is 2.37. The van der Waals surface area contributed by atoms with Crippen LogP contribution in [0.5, 0.6) is 0 Å². The Morgan fingerprint density at radius 3 is 2.16 bits per heavy atom. The highest BCUT2D eigenvalue weighted by molar-refractivity contribution is 6.12. The SMILES string of the molecule is CC(C)(C)c1noc(C(=O)NC(C)(C)C2CCN(c3ncnc4[nH]c5cc(N6CCN(CC7CCN(c8ccc(N9CCC(=O)NC9=O)cc8)CC7)CC6)ccc5c34)CC2)n1. The predicted octanol–water partition coefficient (Wildman–Crippen LogP) is 5.70. The second-order valence-electron chi connectivity index (χ2n) is 18.9. The summed E-state index contributed by atoms with van der Waals surface area (Å²) in [5.74, 6) is 1.85. The first-order valence-electron chi connectivity index (χ1n) is 21.9. The summed E-state index contributed by atoms with van der Waals surface area (Å²) in [6.07, 6.45) is 6.11. The number of anilines is 4. The van der Waals surface area contributed by atoms with E-state index in [1.54, 1.807) is 11.2 Å². The van der Waals surface area contributed by atoms with Crippen molar-refractivity contribution in [3.8, 4) is 0 Å². The molecule has 3 aromatic heterocycles. The molecular weight excluding hydrogens is 773 g/mol. The van der Waals surface area contributed by atoms with Gasteiger partial charge in [-0.1, -0.05) is 25.9 Å². The second kappa shape index (κ2) is 16.3. The summed E-state index contributed by atoms with van der Waals surface area (Å²) >= 11 is 0. The number of fused-ring (bicyclic) bond motifs is 3. The first-order chi connectivity index (χ1) is 29.3. The molecule has 0 atom stereocenters. The molecule has 0 aliphatic carbocycles. The molecule has 0 radical (unpaired) electrons. The zero-order valence-corrected chi connectivity index (χ0v) is 36.0. The van der Waals surface area contributed by atoms with Gasteiger partial charge in [-0.05, 0) is 93.8 Å². The molecule has 0 spiro atoms. The molecule has 4 aliphatic heterocycles. The van der Waals surface area contributed by atoms with Crippen LogP contribution in [-0.4, -0.2) is 119 Å². The minimum absolute atomic E-state index is 0.00178. The minimum atomic E-state index is -0.460. The number of urea groups is 1. The van der Waals surface area contributed by atoms with Crippen molar-refractivity contribution in [1.82, 2.24) is 40.6 Å². The maximum Gasteiger partial charge on any atom is 0.328 e. The maximum atomic E-state index is 13.1. The third-order valence-electron chi connectivity index (χ3n) is 13.3. The molecule has 2 aromatic carbocycles. The number of hydrogen-bond acceptors (Lipinski definition) is 12. The van der Waals surface area contributed by atoms with Gasteiger partial charge in [0, 0.05) is 111 Å². The van der Waals surface area contributed by atoms with Gasteiger partial charge in [0.25, 0.3) is 0 Å². The lowest BCUT2D eigenvalue weighted by atomic mass is 9.80. The Hall–Kier alpha value is -5.77. The summed E-state index contributed by atoms with van der Waals surface area (Å²) in [7, 11) is 0. The van der Waals surface area contributed by atoms with E-state index in [-0.39, 0.29) is 35.1 Å². The molecule has 16 heteroatoms. The molecule has 0 saturated carbocycles. The summed E-state index contributed by atoms with van der Waals surface area (Å²) in [6, 6.07) is 14.6. The highest BCUT2D eigenvalue weighted by atomic mass is 16.5. The molecule has 4 fully saturated rings. The van der Waals surface area contributed by atoms with E-state index in [0.717, 1.165) is 118 Å². The van der Waals surface area contributed by atoms with Crippen LogP contribution in [-0.2, 0) is 10.2 Å². The topological polar surface area (TPSA) is 172 Å². The maximum absolute atomic E-state index is 13.1. The molecule has 7 heterocycles. The third-order valence-corrected chi connectivity index (χ3v) is 13.3. The van der Waals surface area contributed by atoms with Gasteiger partial charge in [0.2, 0.25) is 5.91 Å². The average Bonchev–Trinajstić information content (AvgIpc) is 3.91. The number of nitrogens with one attached hydrogen (secondary N) is 3. The molecule has 9 rings (SSSR count). The van der Waals surface area contributed by atoms with E-state index in [0.29, 0.717) is 24.7 Å². The molecule has 0 unspecified atom stereocenters. The molecule has 5 aromatic rings. The number of aromatic amines is 1. The Bertz CT molecular complexity index is 2400. The van der Waals surface area contributed by atoms with Crippen LogP contribution in [0.4, 0.5) is 27.7 Å². The van der Waals surface area contributed by atoms with E-state index < -0.39 is 5.54 Å². The zero-order valence-electron chi connectivity index (χ0n) is 36.0. The number of nitrogens with zero attached hydrogens (tertiary/aromatic N) is 9. The van der Waals surface area contributed by atoms with Crippen LogP contribution in [0.3, 0.4) is 0 Å². The summed E-state index contributed by atoms with van der Waals surface area (Å²) in [5.41, 5.74) is 4.38. The van der Waals surface area contributed by atoms with Crippen molar-refractivity contribution in [2.24, 2.45) is 11.8 Å². The van der Waals surface area contributed by atoms with Crippen LogP contribution < -0.4 is 30.2 Å². The van der Waals surface area contributed by atoms with Gasteiger partial charge < -0.3 is 29.5 Å². The van der Waals surface area contributed by atoms with Gasteiger partial charge in [-0.25, -0.2) is 14.8 Å².